The molecule has 4 nitrogen and oxygen atoms in total. The average Bonchev–Trinajstić information content (AvgIpc) is 2.34. The molecule has 1 aliphatic rings. The number of aliphatic hydroxyl groups excluding tert-OH is 1. The maximum atomic E-state index is 12.3. The van der Waals surface area contributed by atoms with Crippen LogP contribution >= 0.6 is 0 Å². The zero-order chi connectivity index (χ0) is 15.3. The highest BCUT2D eigenvalue weighted by Gasteiger charge is 2.29. The lowest BCUT2D eigenvalue weighted by molar-refractivity contribution is 0.120. The number of nitrogens with one attached hydrogen (secondary N) is 1. The molecule has 0 aliphatic heterocycles. The van der Waals surface area contributed by atoms with Gasteiger partial charge in [0.1, 0.15) is 0 Å². The quantitative estimate of drug-likeness (QED) is 0.815. The van der Waals surface area contributed by atoms with Crippen molar-refractivity contribution in [2.24, 2.45) is 11.3 Å². The van der Waals surface area contributed by atoms with Gasteiger partial charge in [0.05, 0.1) is 6.10 Å². The Labute approximate surface area is 123 Å². The molecular formula is C16H32N2O2. The van der Waals surface area contributed by atoms with Crippen LogP contribution in [0.5, 0.6) is 0 Å². The largest absolute Gasteiger partial charge is 0.393 e. The summed E-state index contributed by atoms with van der Waals surface area (Å²) >= 11 is 0. The van der Waals surface area contributed by atoms with Crippen molar-refractivity contribution in [3.63, 3.8) is 0 Å². The second-order valence-electron chi connectivity index (χ2n) is 7.32. The van der Waals surface area contributed by atoms with Gasteiger partial charge in [0.2, 0.25) is 0 Å². The minimum Gasteiger partial charge on any atom is -0.393 e. The van der Waals surface area contributed by atoms with Gasteiger partial charge in [-0.25, -0.2) is 4.79 Å². The van der Waals surface area contributed by atoms with Gasteiger partial charge < -0.3 is 15.3 Å². The maximum Gasteiger partial charge on any atom is 0.317 e. The Morgan fingerprint density at radius 2 is 2.00 bits per heavy atom. The lowest BCUT2D eigenvalue weighted by Crippen LogP contribution is -2.49. The molecule has 0 spiro atoms. The van der Waals surface area contributed by atoms with E-state index in [0.717, 1.165) is 6.42 Å². The molecular weight excluding hydrogens is 252 g/mol. The van der Waals surface area contributed by atoms with Crippen LogP contribution in [0, 0.1) is 11.3 Å². The number of urea groups is 1. The summed E-state index contributed by atoms with van der Waals surface area (Å²) in [5.41, 5.74) is -0.0805. The first-order chi connectivity index (χ1) is 9.23. The smallest absolute Gasteiger partial charge is 0.317 e. The minimum atomic E-state index is -0.335. The van der Waals surface area contributed by atoms with Gasteiger partial charge in [0.15, 0.2) is 0 Å². The van der Waals surface area contributed by atoms with Crippen LogP contribution in [0.15, 0.2) is 0 Å². The summed E-state index contributed by atoms with van der Waals surface area (Å²) in [7, 11) is 1.91. The molecule has 3 unspecified atom stereocenters. The third-order valence-corrected chi connectivity index (χ3v) is 4.45. The third kappa shape index (κ3) is 5.31. The lowest BCUT2D eigenvalue weighted by Gasteiger charge is -2.37. The topological polar surface area (TPSA) is 52.6 Å². The number of hydrogen-bond donors (Lipinski definition) is 2. The minimum absolute atomic E-state index is 0.0161. The van der Waals surface area contributed by atoms with E-state index in [1.807, 2.05) is 11.9 Å². The number of nitrogens with zero attached hydrogens (tertiary/aromatic N) is 1. The van der Waals surface area contributed by atoms with Crippen LogP contribution < -0.4 is 5.32 Å². The van der Waals surface area contributed by atoms with E-state index < -0.39 is 0 Å². The number of aliphatic hydroxyl groups is 1. The highest BCUT2D eigenvalue weighted by Crippen LogP contribution is 2.27. The first-order valence-electron chi connectivity index (χ1n) is 7.91. The van der Waals surface area contributed by atoms with Crippen molar-refractivity contribution in [3.05, 3.63) is 0 Å². The Bertz CT molecular complexity index is 316. The van der Waals surface area contributed by atoms with Crippen molar-refractivity contribution in [1.29, 1.82) is 0 Å². The van der Waals surface area contributed by atoms with Gasteiger partial charge in [-0.3, -0.25) is 0 Å². The molecule has 0 radical (unpaired) electrons. The monoisotopic (exact) mass is 284 g/mol. The molecule has 2 N–H and O–H groups in total. The first-order valence-corrected chi connectivity index (χ1v) is 7.91. The van der Waals surface area contributed by atoms with E-state index in [1.165, 1.54) is 19.3 Å². The predicted molar refractivity (Wildman–Crippen MR) is 82.7 cm³/mol. The van der Waals surface area contributed by atoms with Crippen molar-refractivity contribution < 1.29 is 9.90 Å². The zero-order valence-electron chi connectivity index (χ0n) is 13.8. The molecule has 1 fully saturated rings. The molecule has 1 aliphatic carbocycles. The Morgan fingerprint density at radius 1 is 1.40 bits per heavy atom. The second-order valence-corrected chi connectivity index (χ2v) is 7.32. The van der Waals surface area contributed by atoms with E-state index >= 15 is 0 Å². The zero-order valence-corrected chi connectivity index (χ0v) is 13.8. The van der Waals surface area contributed by atoms with Gasteiger partial charge in [-0.1, -0.05) is 33.6 Å². The van der Waals surface area contributed by atoms with Crippen molar-refractivity contribution in [2.75, 3.05) is 13.6 Å². The predicted octanol–water partition coefficient (Wildman–Crippen LogP) is 3.00. The Kier molecular flexibility index (Phi) is 6.31. The maximum absolute atomic E-state index is 12.3. The van der Waals surface area contributed by atoms with Crippen LogP contribution in [-0.2, 0) is 0 Å². The van der Waals surface area contributed by atoms with Crippen LogP contribution in [-0.4, -0.2) is 41.8 Å². The number of carbonyl (C=O) groups excluding carboxylic acids is 1. The number of carbonyl (C=O) groups is 1. The molecule has 0 aromatic rings. The molecule has 0 aromatic heterocycles. The first kappa shape index (κ1) is 17.3. The summed E-state index contributed by atoms with van der Waals surface area (Å²) in [5.74, 6) is 0.588. The molecule has 3 atom stereocenters. The summed E-state index contributed by atoms with van der Waals surface area (Å²) in [4.78, 5) is 14.1. The van der Waals surface area contributed by atoms with E-state index in [4.69, 9.17) is 0 Å². The highest BCUT2D eigenvalue weighted by atomic mass is 16.3. The molecule has 118 valence electrons. The highest BCUT2D eigenvalue weighted by molar-refractivity contribution is 5.74. The molecule has 20 heavy (non-hydrogen) atoms. The number of rotatable bonds is 5. The molecule has 0 saturated heterocycles. The summed E-state index contributed by atoms with van der Waals surface area (Å²) in [6.45, 7) is 8.78. The Hall–Kier alpha value is -0.770. The van der Waals surface area contributed by atoms with E-state index in [0.29, 0.717) is 24.9 Å². The summed E-state index contributed by atoms with van der Waals surface area (Å²) in [6.07, 6.45) is 5.20. The van der Waals surface area contributed by atoms with Gasteiger partial charge in [-0.05, 0) is 37.5 Å². The third-order valence-electron chi connectivity index (χ3n) is 4.45. The van der Waals surface area contributed by atoms with Gasteiger partial charge in [0, 0.05) is 19.6 Å². The summed E-state index contributed by atoms with van der Waals surface area (Å²) in [6, 6.07) is 0.381. The van der Waals surface area contributed by atoms with Gasteiger partial charge in [0.25, 0.3) is 0 Å². The Morgan fingerprint density at radius 3 is 2.55 bits per heavy atom. The fourth-order valence-electron chi connectivity index (χ4n) is 3.33. The number of hydrogen-bond acceptors (Lipinski definition) is 2. The van der Waals surface area contributed by atoms with Gasteiger partial charge >= 0.3 is 6.03 Å². The van der Waals surface area contributed by atoms with Crippen LogP contribution in [0.4, 0.5) is 4.79 Å². The average molecular weight is 284 g/mol. The summed E-state index contributed by atoms with van der Waals surface area (Å²) in [5, 5.41) is 12.5. The molecule has 0 aromatic carbocycles. The van der Waals surface area contributed by atoms with Crippen LogP contribution in [0.3, 0.4) is 0 Å². The molecule has 2 amide bonds. The standard InChI is InChI=1S/C16H32N2O2/c1-12-8-6-7-9-14(12)18(5)15(20)17-11-16(3,4)10-13(2)19/h12-14,19H,6-11H2,1-5H3,(H,17,20). The van der Waals surface area contributed by atoms with E-state index in [1.54, 1.807) is 6.92 Å². The van der Waals surface area contributed by atoms with Gasteiger partial charge in [-0.2, -0.15) is 0 Å². The summed E-state index contributed by atoms with van der Waals surface area (Å²) < 4.78 is 0. The Balaban J connectivity index is 2.45. The van der Waals surface area contributed by atoms with Crippen LogP contribution in [0.25, 0.3) is 0 Å². The van der Waals surface area contributed by atoms with Gasteiger partial charge in [-0.15, -0.1) is 0 Å². The van der Waals surface area contributed by atoms with E-state index in [9.17, 15) is 9.90 Å². The molecule has 1 saturated carbocycles. The normalized spacial score (nSPS) is 25.1. The van der Waals surface area contributed by atoms with Crippen molar-refractivity contribution >= 4 is 6.03 Å². The molecule has 1 rings (SSSR count). The van der Waals surface area contributed by atoms with Crippen LogP contribution in [0.2, 0.25) is 0 Å². The fourth-order valence-corrected chi connectivity index (χ4v) is 3.33. The molecule has 0 bridgehead atoms. The van der Waals surface area contributed by atoms with E-state index in [2.05, 4.69) is 26.1 Å². The van der Waals surface area contributed by atoms with Crippen molar-refractivity contribution in [1.82, 2.24) is 10.2 Å². The molecule has 4 heteroatoms. The van der Waals surface area contributed by atoms with Crippen LogP contribution in [0.1, 0.15) is 59.8 Å². The fraction of sp³-hybridized carbons (Fsp3) is 0.938. The van der Waals surface area contributed by atoms with Crippen molar-refractivity contribution in [2.45, 2.75) is 71.9 Å². The molecule has 0 heterocycles. The SMILES string of the molecule is CC(O)CC(C)(C)CNC(=O)N(C)C1CCCCC1C. The second kappa shape index (κ2) is 7.30. The lowest BCUT2D eigenvalue weighted by atomic mass is 9.85. The number of amides is 2. The van der Waals surface area contributed by atoms with Crippen molar-refractivity contribution in [3.8, 4) is 0 Å². The van der Waals surface area contributed by atoms with E-state index in [-0.39, 0.29) is 17.6 Å².